The number of H-pyrrole nitrogens is 1. The summed E-state index contributed by atoms with van der Waals surface area (Å²) in [5.41, 5.74) is 7.55. The number of nitrogens with zero attached hydrogens (tertiary/aromatic N) is 2. The molecule has 4 heterocycles. The third-order valence-electron chi connectivity index (χ3n) is 6.28. The lowest BCUT2D eigenvalue weighted by Crippen LogP contribution is -2.69. The third-order valence-corrected chi connectivity index (χ3v) is 6.28. The molecule has 0 aliphatic carbocycles. The standard InChI is InChI=1S/C22H24N4O2/c23-18(9-15-10-24-19-5-2-1-4-17(15)19)22(28)25-11-14-8-16(13-25)20-6-3-7-21(27)26(20)12-14/h1-7,10,14,16,18,24H,8-9,11-13,23H2/p+1. The van der Waals surface area contributed by atoms with Crippen molar-refractivity contribution in [1.29, 1.82) is 0 Å². The molecular weight excluding hydrogens is 352 g/mol. The maximum atomic E-state index is 13.2. The second kappa shape index (κ2) is 6.63. The summed E-state index contributed by atoms with van der Waals surface area (Å²) in [6, 6.07) is 13.3. The summed E-state index contributed by atoms with van der Waals surface area (Å²) < 4.78 is 1.90. The molecule has 1 fully saturated rings. The van der Waals surface area contributed by atoms with Gasteiger partial charge in [0.1, 0.15) is 0 Å². The van der Waals surface area contributed by atoms with E-state index in [1.165, 1.54) is 0 Å². The minimum absolute atomic E-state index is 0.0707. The number of likely N-dealkylation sites (tertiary alicyclic amines) is 1. The van der Waals surface area contributed by atoms with Crippen LogP contribution in [0.25, 0.3) is 10.9 Å². The van der Waals surface area contributed by atoms with Gasteiger partial charge in [-0.05, 0) is 30.0 Å². The van der Waals surface area contributed by atoms with Crippen LogP contribution in [-0.2, 0) is 17.8 Å². The summed E-state index contributed by atoms with van der Waals surface area (Å²) in [4.78, 5) is 30.6. The van der Waals surface area contributed by atoms with Gasteiger partial charge in [0.15, 0.2) is 6.04 Å². The highest BCUT2D eigenvalue weighted by Crippen LogP contribution is 2.35. The predicted molar refractivity (Wildman–Crippen MR) is 107 cm³/mol. The van der Waals surface area contributed by atoms with Crippen LogP contribution in [0.2, 0.25) is 0 Å². The molecule has 6 heteroatoms. The zero-order chi connectivity index (χ0) is 19.3. The Balaban J connectivity index is 1.34. The number of nitrogens with one attached hydrogen (secondary N) is 1. The van der Waals surface area contributed by atoms with Gasteiger partial charge in [0.25, 0.3) is 11.5 Å². The van der Waals surface area contributed by atoms with Crippen LogP contribution in [0.1, 0.15) is 23.6 Å². The van der Waals surface area contributed by atoms with Crippen LogP contribution >= 0.6 is 0 Å². The van der Waals surface area contributed by atoms with Gasteiger partial charge in [-0.15, -0.1) is 0 Å². The Morgan fingerprint density at radius 1 is 1.14 bits per heavy atom. The quantitative estimate of drug-likeness (QED) is 0.717. The molecule has 0 saturated carbocycles. The first-order valence-electron chi connectivity index (χ1n) is 9.97. The topological polar surface area (TPSA) is 85.7 Å². The van der Waals surface area contributed by atoms with Gasteiger partial charge in [0.05, 0.1) is 0 Å². The van der Waals surface area contributed by atoms with Crippen molar-refractivity contribution < 1.29 is 10.5 Å². The molecule has 1 aromatic carbocycles. The number of rotatable bonds is 3. The number of piperidine rings is 1. The van der Waals surface area contributed by atoms with E-state index in [1.54, 1.807) is 6.07 Å². The van der Waals surface area contributed by atoms with Gasteiger partial charge in [-0.3, -0.25) is 9.59 Å². The number of hydrogen-bond acceptors (Lipinski definition) is 2. The first-order valence-corrected chi connectivity index (χ1v) is 9.97. The van der Waals surface area contributed by atoms with Crippen molar-refractivity contribution in [3.8, 4) is 0 Å². The molecule has 3 unspecified atom stereocenters. The lowest BCUT2D eigenvalue weighted by Gasteiger charge is -2.43. The molecule has 3 aromatic rings. The van der Waals surface area contributed by atoms with E-state index in [0.717, 1.165) is 35.1 Å². The van der Waals surface area contributed by atoms with Gasteiger partial charge in [-0.1, -0.05) is 24.3 Å². The normalized spacial score (nSPS) is 22.1. The van der Waals surface area contributed by atoms with Gasteiger partial charge in [-0.2, -0.15) is 0 Å². The fourth-order valence-electron chi connectivity index (χ4n) is 4.99. The molecule has 0 radical (unpaired) electrons. The highest BCUT2D eigenvalue weighted by atomic mass is 16.2. The van der Waals surface area contributed by atoms with E-state index in [2.05, 4.69) is 16.8 Å². The Kier molecular flexibility index (Phi) is 4.09. The van der Waals surface area contributed by atoms with Crippen LogP contribution < -0.4 is 11.3 Å². The van der Waals surface area contributed by atoms with Crippen molar-refractivity contribution in [1.82, 2.24) is 14.5 Å². The van der Waals surface area contributed by atoms with Crippen LogP contribution in [0, 0.1) is 5.92 Å². The van der Waals surface area contributed by atoms with Crippen molar-refractivity contribution in [2.45, 2.75) is 31.3 Å². The molecule has 4 N–H and O–H groups in total. The molecule has 6 nitrogen and oxygen atoms in total. The SMILES string of the molecule is [NH3+]C(Cc1c[nH]c2ccccc12)C(=O)N1CC2CC(C1)c1cccc(=O)n1C2. The van der Waals surface area contributed by atoms with Gasteiger partial charge in [0.2, 0.25) is 0 Å². The fourth-order valence-corrected chi connectivity index (χ4v) is 4.99. The van der Waals surface area contributed by atoms with E-state index >= 15 is 0 Å². The van der Waals surface area contributed by atoms with Crippen LogP contribution in [-0.4, -0.2) is 39.5 Å². The number of carbonyl (C=O) groups is 1. The number of carbonyl (C=O) groups excluding carboxylic acids is 1. The highest BCUT2D eigenvalue weighted by Gasteiger charge is 2.38. The maximum absolute atomic E-state index is 13.2. The Hall–Kier alpha value is -2.86. The van der Waals surface area contributed by atoms with Crippen molar-refractivity contribution >= 4 is 16.8 Å². The van der Waals surface area contributed by atoms with Crippen molar-refractivity contribution in [3.63, 3.8) is 0 Å². The largest absolute Gasteiger partial charge is 0.361 e. The Bertz CT molecular complexity index is 1100. The van der Waals surface area contributed by atoms with Crippen molar-refractivity contribution in [2.75, 3.05) is 13.1 Å². The lowest BCUT2D eigenvalue weighted by molar-refractivity contribution is -0.405. The number of amides is 1. The Labute approximate surface area is 163 Å². The van der Waals surface area contributed by atoms with Crippen molar-refractivity contribution in [3.05, 3.63) is 70.3 Å². The van der Waals surface area contributed by atoms with Crippen molar-refractivity contribution in [2.24, 2.45) is 5.92 Å². The Morgan fingerprint density at radius 3 is 2.89 bits per heavy atom. The summed E-state index contributed by atoms with van der Waals surface area (Å²) in [5.74, 6) is 0.702. The number of pyridine rings is 1. The number of para-hydroxylation sites is 1. The number of fused-ring (bicyclic) bond motifs is 5. The molecule has 0 spiro atoms. The van der Waals surface area contributed by atoms with E-state index in [4.69, 9.17) is 0 Å². The second-order valence-corrected chi connectivity index (χ2v) is 8.20. The van der Waals surface area contributed by atoms with Gasteiger partial charge < -0.3 is 20.2 Å². The molecule has 3 atom stereocenters. The molecule has 5 rings (SSSR count). The van der Waals surface area contributed by atoms with Gasteiger partial charge in [-0.25, -0.2) is 0 Å². The minimum atomic E-state index is -0.309. The Morgan fingerprint density at radius 2 is 2.00 bits per heavy atom. The summed E-state index contributed by atoms with van der Waals surface area (Å²) in [6.07, 6.45) is 3.67. The smallest absolute Gasteiger partial charge is 0.281 e. The summed E-state index contributed by atoms with van der Waals surface area (Å²) >= 11 is 0. The van der Waals surface area contributed by atoms with E-state index in [9.17, 15) is 9.59 Å². The molecule has 1 amide bonds. The molecule has 2 aromatic heterocycles. The number of aromatic amines is 1. The highest BCUT2D eigenvalue weighted by molar-refractivity contribution is 5.85. The molecule has 1 saturated heterocycles. The summed E-state index contributed by atoms with van der Waals surface area (Å²) in [6.45, 7) is 2.11. The monoisotopic (exact) mass is 377 g/mol. The van der Waals surface area contributed by atoms with Crippen LogP contribution in [0.3, 0.4) is 0 Å². The fraction of sp³-hybridized carbons (Fsp3) is 0.364. The lowest BCUT2D eigenvalue weighted by atomic mass is 9.83. The number of hydrogen-bond donors (Lipinski definition) is 2. The van der Waals surface area contributed by atoms with Gasteiger partial charge in [0, 0.05) is 60.8 Å². The summed E-state index contributed by atoms with van der Waals surface area (Å²) in [7, 11) is 0. The molecule has 28 heavy (non-hydrogen) atoms. The van der Waals surface area contributed by atoms with E-state index in [0.29, 0.717) is 25.4 Å². The van der Waals surface area contributed by atoms with Crippen LogP contribution in [0.4, 0.5) is 0 Å². The van der Waals surface area contributed by atoms with Gasteiger partial charge >= 0.3 is 0 Å². The molecule has 144 valence electrons. The first-order chi connectivity index (χ1) is 13.6. The first kappa shape index (κ1) is 17.3. The zero-order valence-corrected chi connectivity index (χ0v) is 15.8. The number of benzene rings is 1. The minimum Gasteiger partial charge on any atom is -0.361 e. The maximum Gasteiger partial charge on any atom is 0.281 e. The number of quaternary nitrogens is 1. The van der Waals surface area contributed by atoms with Crippen LogP contribution in [0.15, 0.2) is 53.5 Å². The second-order valence-electron chi connectivity index (χ2n) is 8.20. The summed E-state index contributed by atoms with van der Waals surface area (Å²) in [5, 5.41) is 1.16. The van der Waals surface area contributed by atoms with Crippen LogP contribution in [0.5, 0.6) is 0 Å². The van der Waals surface area contributed by atoms with E-state index in [-0.39, 0.29) is 23.4 Å². The van der Waals surface area contributed by atoms with E-state index < -0.39 is 0 Å². The average molecular weight is 377 g/mol. The number of aromatic nitrogens is 2. The molecule has 2 aliphatic rings. The molecule has 2 bridgehead atoms. The van der Waals surface area contributed by atoms with E-state index in [1.807, 2.05) is 46.0 Å². The predicted octanol–water partition coefficient (Wildman–Crippen LogP) is 1.13. The molecule has 2 aliphatic heterocycles. The molecular formula is C22H25N4O2+. The average Bonchev–Trinajstić information content (AvgIpc) is 3.11. The zero-order valence-electron chi connectivity index (χ0n) is 15.8. The third kappa shape index (κ3) is 2.85.